The molecule has 4 nitrogen and oxygen atoms in total. The molecule has 16 heavy (non-hydrogen) atoms. The van der Waals surface area contributed by atoms with E-state index in [4.69, 9.17) is 9.26 Å². The Kier molecular flexibility index (Phi) is 3.56. The number of rotatable bonds is 5. The van der Waals surface area contributed by atoms with Gasteiger partial charge in [-0.1, -0.05) is 17.3 Å². The predicted molar refractivity (Wildman–Crippen MR) is 60.0 cm³/mol. The van der Waals surface area contributed by atoms with Gasteiger partial charge in [0, 0.05) is 12.1 Å². The van der Waals surface area contributed by atoms with Crippen LogP contribution in [0.4, 0.5) is 0 Å². The van der Waals surface area contributed by atoms with Crippen LogP contribution in [0.1, 0.15) is 11.1 Å². The van der Waals surface area contributed by atoms with Crippen molar-refractivity contribution in [2.45, 2.75) is 13.2 Å². The third-order valence-corrected chi connectivity index (χ3v) is 2.19. The topological polar surface area (TPSA) is 47.3 Å². The smallest absolute Gasteiger partial charge is 0.130 e. The van der Waals surface area contributed by atoms with Gasteiger partial charge in [-0.2, -0.15) is 0 Å². The van der Waals surface area contributed by atoms with E-state index in [1.54, 1.807) is 12.5 Å². The average Bonchev–Trinajstić information content (AvgIpc) is 2.82. The van der Waals surface area contributed by atoms with Crippen molar-refractivity contribution in [3.05, 3.63) is 47.9 Å². The fraction of sp³-hybridized carbons (Fsp3) is 0.250. The SMILES string of the molecule is CNCc1ccc(OCc2cnoc2)cc1. The molecule has 4 heteroatoms. The Morgan fingerprint density at radius 2 is 2.06 bits per heavy atom. The Morgan fingerprint density at radius 3 is 2.69 bits per heavy atom. The summed E-state index contributed by atoms with van der Waals surface area (Å²) in [5.41, 5.74) is 2.17. The van der Waals surface area contributed by atoms with Crippen LogP contribution in [0.25, 0.3) is 0 Å². The van der Waals surface area contributed by atoms with Crippen LogP contribution in [0.2, 0.25) is 0 Å². The van der Waals surface area contributed by atoms with Crippen molar-refractivity contribution in [3.8, 4) is 5.75 Å². The molecule has 0 aliphatic rings. The van der Waals surface area contributed by atoms with Crippen LogP contribution in [0.15, 0.2) is 41.2 Å². The summed E-state index contributed by atoms with van der Waals surface area (Å²) in [6, 6.07) is 8.00. The highest BCUT2D eigenvalue weighted by Gasteiger charge is 1.98. The number of aromatic nitrogens is 1. The molecule has 1 aromatic carbocycles. The van der Waals surface area contributed by atoms with Gasteiger partial charge in [-0.05, 0) is 24.7 Å². The lowest BCUT2D eigenvalue weighted by atomic mass is 10.2. The molecule has 2 rings (SSSR count). The lowest BCUT2D eigenvalue weighted by Gasteiger charge is -2.05. The van der Waals surface area contributed by atoms with Crippen molar-refractivity contribution in [2.75, 3.05) is 7.05 Å². The second-order valence-electron chi connectivity index (χ2n) is 3.50. The minimum absolute atomic E-state index is 0.481. The van der Waals surface area contributed by atoms with Gasteiger partial charge >= 0.3 is 0 Å². The highest BCUT2D eigenvalue weighted by atomic mass is 16.5. The largest absolute Gasteiger partial charge is 0.489 e. The fourth-order valence-electron chi connectivity index (χ4n) is 1.37. The number of nitrogens with zero attached hydrogens (tertiary/aromatic N) is 1. The van der Waals surface area contributed by atoms with E-state index in [-0.39, 0.29) is 0 Å². The summed E-state index contributed by atoms with van der Waals surface area (Å²) in [7, 11) is 1.93. The Bertz CT molecular complexity index is 409. The quantitative estimate of drug-likeness (QED) is 0.833. The lowest BCUT2D eigenvalue weighted by molar-refractivity contribution is 0.304. The number of hydrogen-bond acceptors (Lipinski definition) is 4. The molecule has 84 valence electrons. The summed E-state index contributed by atoms with van der Waals surface area (Å²) in [5, 5.41) is 6.71. The van der Waals surface area contributed by atoms with Crippen LogP contribution in [-0.4, -0.2) is 12.2 Å². The summed E-state index contributed by atoms with van der Waals surface area (Å²) in [4.78, 5) is 0. The maximum absolute atomic E-state index is 5.56. The molecule has 1 aromatic heterocycles. The first-order valence-corrected chi connectivity index (χ1v) is 5.13. The molecule has 0 aliphatic heterocycles. The standard InChI is InChI=1S/C12H14N2O2/c1-13-6-10-2-4-12(5-3-10)15-8-11-7-14-16-9-11/h2-5,7,9,13H,6,8H2,1H3. The van der Waals surface area contributed by atoms with E-state index in [0.717, 1.165) is 17.9 Å². The summed E-state index contributed by atoms with van der Waals surface area (Å²) in [6.07, 6.45) is 3.23. The molecule has 1 heterocycles. The van der Waals surface area contributed by atoms with Crippen molar-refractivity contribution < 1.29 is 9.26 Å². The minimum Gasteiger partial charge on any atom is -0.489 e. The van der Waals surface area contributed by atoms with Crippen LogP contribution in [-0.2, 0) is 13.2 Å². The van der Waals surface area contributed by atoms with Gasteiger partial charge in [0.2, 0.25) is 0 Å². The van der Waals surface area contributed by atoms with E-state index in [1.807, 2.05) is 31.3 Å². The van der Waals surface area contributed by atoms with Gasteiger partial charge in [0.1, 0.15) is 18.6 Å². The van der Waals surface area contributed by atoms with Crippen molar-refractivity contribution in [1.82, 2.24) is 10.5 Å². The molecular formula is C12H14N2O2. The van der Waals surface area contributed by atoms with Gasteiger partial charge in [0.25, 0.3) is 0 Å². The molecule has 0 atom stereocenters. The van der Waals surface area contributed by atoms with Crippen molar-refractivity contribution in [1.29, 1.82) is 0 Å². The van der Waals surface area contributed by atoms with Gasteiger partial charge in [0.15, 0.2) is 0 Å². The first kappa shape index (κ1) is 10.7. The molecule has 0 amide bonds. The maximum Gasteiger partial charge on any atom is 0.130 e. The van der Waals surface area contributed by atoms with Crippen molar-refractivity contribution in [3.63, 3.8) is 0 Å². The van der Waals surface area contributed by atoms with Crippen molar-refractivity contribution in [2.24, 2.45) is 0 Å². The summed E-state index contributed by atoms with van der Waals surface area (Å²) in [6.45, 7) is 1.35. The van der Waals surface area contributed by atoms with Gasteiger partial charge in [-0.3, -0.25) is 0 Å². The Hall–Kier alpha value is -1.81. The molecule has 1 N–H and O–H groups in total. The number of hydrogen-bond donors (Lipinski definition) is 1. The minimum atomic E-state index is 0.481. The second kappa shape index (κ2) is 5.32. The molecule has 0 fully saturated rings. The third-order valence-electron chi connectivity index (χ3n) is 2.19. The molecule has 0 bridgehead atoms. The van der Waals surface area contributed by atoms with Crippen molar-refractivity contribution >= 4 is 0 Å². The lowest BCUT2D eigenvalue weighted by Crippen LogP contribution is -2.04. The van der Waals surface area contributed by atoms with Gasteiger partial charge in [-0.25, -0.2) is 0 Å². The predicted octanol–water partition coefficient (Wildman–Crippen LogP) is 1.97. The van der Waals surface area contributed by atoms with E-state index in [0.29, 0.717) is 6.61 Å². The fourth-order valence-corrected chi connectivity index (χ4v) is 1.37. The maximum atomic E-state index is 5.56. The molecule has 0 saturated heterocycles. The highest BCUT2D eigenvalue weighted by Crippen LogP contribution is 2.13. The zero-order chi connectivity index (χ0) is 11.2. The normalized spacial score (nSPS) is 10.3. The molecule has 0 radical (unpaired) electrons. The van der Waals surface area contributed by atoms with Gasteiger partial charge in [-0.15, -0.1) is 0 Å². The number of nitrogens with one attached hydrogen (secondary N) is 1. The third kappa shape index (κ3) is 2.84. The number of ether oxygens (including phenoxy) is 1. The van der Waals surface area contributed by atoms with Crippen LogP contribution in [0.3, 0.4) is 0 Å². The van der Waals surface area contributed by atoms with E-state index in [2.05, 4.69) is 10.5 Å². The number of benzene rings is 1. The summed E-state index contributed by atoms with van der Waals surface area (Å²) < 4.78 is 10.3. The molecule has 0 unspecified atom stereocenters. The van der Waals surface area contributed by atoms with E-state index in [1.165, 1.54) is 5.56 Å². The Morgan fingerprint density at radius 1 is 1.25 bits per heavy atom. The summed E-state index contributed by atoms with van der Waals surface area (Å²) >= 11 is 0. The Balaban J connectivity index is 1.90. The van der Waals surface area contributed by atoms with E-state index in [9.17, 15) is 0 Å². The molecule has 0 spiro atoms. The van der Waals surface area contributed by atoms with Gasteiger partial charge < -0.3 is 14.6 Å². The van der Waals surface area contributed by atoms with Crippen LogP contribution in [0, 0.1) is 0 Å². The van der Waals surface area contributed by atoms with Crippen LogP contribution >= 0.6 is 0 Å². The monoisotopic (exact) mass is 218 g/mol. The highest BCUT2D eigenvalue weighted by molar-refractivity contribution is 5.27. The molecule has 2 aromatic rings. The Labute approximate surface area is 94.2 Å². The van der Waals surface area contributed by atoms with Crippen LogP contribution < -0.4 is 10.1 Å². The average molecular weight is 218 g/mol. The van der Waals surface area contributed by atoms with E-state index >= 15 is 0 Å². The van der Waals surface area contributed by atoms with E-state index < -0.39 is 0 Å². The molecule has 0 aliphatic carbocycles. The molecular weight excluding hydrogens is 204 g/mol. The zero-order valence-corrected chi connectivity index (χ0v) is 9.14. The first-order chi connectivity index (χ1) is 7.88. The van der Waals surface area contributed by atoms with Crippen LogP contribution in [0.5, 0.6) is 5.75 Å². The summed E-state index contributed by atoms with van der Waals surface area (Å²) in [5.74, 6) is 0.848. The second-order valence-corrected chi connectivity index (χ2v) is 3.50. The first-order valence-electron chi connectivity index (χ1n) is 5.13. The zero-order valence-electron chi connectivity index (χ0n) is 9.14. The molecule has 0 saturated carbocycles. The van der Waals surface area contributed by atoms with Gasteiger partial charge in [0.05, 0.1) is 6.20 Å².